The van der Waals surface area contributed by atoms with Gasteiger partial charge in [0, 0.05) is 12.1 Å². The molecule has 0 saturated heterocycles. The first-order valence-electron chi connectivity index (χ1n) is 9.55. The quantitative estimate of drug-likeness (QED) is 0.466. The lowest BCUT2D eigenvalue weighted by atomic mass is 10.1. The van der Waals surface area contributed by atoms with Crippen LogP contribution in [-0.4, -0.2) is 20.5 Å². The van der Waals surface area contributed by atoms with Gasteiger partial charge in [0.05, 0.1) is 8.07 Å². The highest BCUT2D eigenvalue weighted by Crippen LogP contribution is 2.25. The molecular formula is C23H31NOSi. The van der Waals surface area contributed by atoms with Gasteiger partial charge in [0.2, 0.25) is 0 Å². The Bertz CT molecular complexity index is 686. The number of benzene rings is 2. The number of nitrogens with one attached hydrogen (secondary N) is 1. The van der Waals surface area contributed by atoms with Crippen LogP contribution in [0.15, 0.2) is 73.3 Å². The van der Waals surface area contributed by atoms with E-state index in [1.807, 2.05) is 36.4 Å². The van der Waals surface area contributed by atoms with Crippen LogP contribution < -0.4 is 10.5 Å². The zero-order valence-electron chi connectivity index (χ0n) is 16.1. The molecule has 0 aromatic heterocycles. The van der Waals surface area contributed by atoms with E-state index in [2.05, 4.69) is 55.7 Å². The van der Waals surface area contributed by atoms with Gasteiger partial charge in [-0.1, -0.05) is 79.3 Å². The molecule has 138 valence electrons. The Kier molecular flexibility index (Phi) is 7.86. The summed E-state index contributed by atoms with van der Waals surface area (Å²) in [6.07, 6.45) is 4.14. The molecule has 0 bridgehead atoms. The summed E-state index contributed by atoms with van der Waals surface area (Å²) in [5.41, 5.74) is 0.731. The van der Waals surface area contributed by atoms with Crippen molar-refractivity contribution in [1.82, 2.24) is 5.32 Å². The molecule has 2 rings (SSSR count). The summed E-state index contributed by atoms with van der Waals surface area (Å²) < 4.78 is 0. The lowest BCUT2D eigenvalue weighted by molar-refractivity contribution is 0.0952. The van der Waals surface area contributed by atoms with Gasteiger partial charge in [-0.25, -0.2) is 0 Å². The van der Waals surface area contributed by atoms with Crippen molar-refractivity contribution in [3.63, 3.8) is 0 Å². The highest BCUT2D eigenvalue weighted by atomic mass is 28.3. The summed E-state index contributed by atoms with van der Waals surface area (Å²) in [5.74, 6) is 0.611. The number of carbonyl (C=O) groups excluding carboxylic acids is 1. The lowest BCUT2D eigenvalue weighted by Gasteiger charge is -2.31. The predicted octanol–water partition coefficient (Wildman–Crippen LogP) is 5.00. The second-order valence-electron chi connectivity index (χ2n) is 7.47. The minimum Gasteiger partial charge on any atom is -0.352 e. The molecule has 2 aromatic rings. The smallest absolute Gasteiger partial charge is 0.251 e. The Morgan fingerprint density at radius 3 is 2.35 bits per heavy atom. The largest absolute Gasteiger partial charge is 0.352 e. The van der Waals surface area contributed by atoms with Gasteiger partial charge in [0.1, 0.15) is 0 Å². The van der Waals surface area contributed by atoms with E-state index in [-0.39, 0.29) is 5.91 Å². The van der Waals surface area contributed by atoms with Crippen LogP contribution in [0.1, 0.15) is 30.1 Å². The van der Waals surface area contributed by atoms with E-state index >= 15 is 0 Å². The number of carbonyl (C=O) groups is 1. The van der Waals surface area contributed by atoms with E-state index in [0.717, 1.165) is 24.9 Å². The molecule has 26 heavy (non-hydrogen) atoms. The van der Waals surface area contributed by atoms with E-state index in [0.29, 0.717) is 5.92 Å². The molecule has 0 saturated carbocycles. The number of amides is 1. The van der Waals surface area contributed by atoms with Crippen molar-refractivity contribution in [2.75, 3.05) is 6.54 Å². The van der Waals surface area contributed by atoms with Gasteiger partial charge in [0.25, 0.3) is 5.91 Å². The van der Waals surface area contributed by atoms with Crippen molar-refractivity contribution in [3.05, 3.63) is 78.9 Å². The van der Waals surface area contributed by atoms with Crippen molar-refractivity contribution in [1.29, 1.82) is 0 Å². The molecule has 3 heteroatoms. The molecule has 0 heterocycles. The van der Waals surface area contributed by atoms with Crippen LogP contribution in [0, 0.1) is 5.92 Å². The Hall–Kier alpha value is -2.13. The zero-order valence-corrected chi connectivity index (χ0v) is 17.1. The van der Waals surface area contributed by atoms with Crippen LogP contribution in [0.3, 0.4) is 0 Å². The highest BCUT2D eigenvalue weighted by molar-refractivity contribution is 6.90. The van der Waals surface area contributed by atoms with Crippen LogP contribution in [0.5, 0.6) is 0 Å². The second-order valence-corrected chi connectivity index (χ2v) is 12.1. The van der Waals surface area contributed by atoms with E-state index in [9.17, 15) is 4.79 Å². The molecule has 2 atom stereocenters. The third-order valence-corrected chi connectivity index (χ3v) is 9.85. The topological polar surface area (TPSA) is 29.1 Å². The summed E-state index contributed by atoms with van der Waals surface area (Å²) in [5, 5.41) is 4.59. The minimum absolute atomic E-state index is 0.0209. The molecule has 2 nitrogen and oxygen atoms in total. The monoisotopic (exact) mass is 365 g/mol. The fourth-order valence-electron chi connectivity index (χ4n) is 3.62. The first-order valence-corrected chi connectivity index (χ1v) is 12.5. The van der Waals surface area contributed by atoms with Gasteiger partial charge in [-0.05, 0) is 36.9 Å². The van der Waals surface area contributed by atoms with Crippen molar-refractivity contribution >= 4 is 19.2 Å². The Balaban J connectivity index is 1.90. The normalized spacial score (nSPS) is 14.2. The van der Waals surface area contributed by atoms with Crippen molar-refractivity contribution in [2.45, 2.75) is 38.4 Å². The fraction of sp³-hybridized carbons (Fsp3) is 0.348. The third kappa shape index (κ3) is 5.99. The van der Waals surface area contributed by atoms with Gasteiger partial charge in [0.15, 0.2) is 0 Å². The summed E-state index contributed by atoms with van der Waals surface area (Å²) in [7, 11) is -1.53. The first-order chi connectivity index (χ1) is 12.5. The number of hydrogen-bond acceptors (Lipinski definition) is 1. The molecule has 2 unspecified atom stereocenters. The second kappa shape index (κ2) is 10.1. The van der Waals surface area contributed by atoms with Crippen LogP contribution in [-0.2, 0) is 0 Å². The van der Waals surface area contributed by atoms with E-state index < -0.39 is 8.07 Å². The fourth-order valence-corrected chi connectivity index (χ4v) is 7.93. The van der Waals surface area contributed by atoms with Gasteiger partial charge >= 0.3 is 0 Å². The van der Waals surface area contributed by atoms with Gasteiger partial charge in [-0.15, -0.1) is 6.58 Å². The molecule has 0 aliphatic rings. The molecule has 0 fully saturated rings. The Morgan fingerprint density at radius 1 is 1.12 bits per heavy atom. The summed E-state index contributed by atoms with van der Waals surface area (Å²) in [6, 6.07) is 22.9. The molecule has 1 N–H and O–H groups in total. The summed E-state index contributed by atoms with van der Waals surface area (Å²) >= 11 is 0. The molecular weight excluding hydrogens is 334 g/mol. The Labute approximate surface area is 159 Å². The molecule has 0 aliphatic heterocycles. The van der Waals surface area contributed by atoms with Crippen LogP contribution in [0.4, 0.5) is 0 Å². The number of allylic oxidation sites excluding steroid dienone is 1. The maximum atomic E-state index is 12.2. The lowest BCUT2D eigenvalue weighted by Crippen LogP contribution is -2.45. The SMILES string of the molecule is C=CCC[Si](C)(CC(C)CCNC(=O)c1ccccc1)c1ccccc1. The maximum absolute atomic E-state index is 12.2. The zero-order chi connectivity index (χ0) is 18.8. The average Bonchev–Trinajstić information content (AvgIpc) is 2.67. The molecule has 1 amide bonds. The first kappa shape index (κ1) is 20.2. The number of hydrogen-bond donors (Lipinski definition) is 1. The van der Waals surface area contributed by atoms with Gasteiger partial charge in [-0.3, -0.25) is 4.79 Å². The predicted molar refractivity (Wildman–Crippen MR) is 115 cm³/mol. The molecule has 2 aromatic carbocycles. The van der Waals surface area contributed by atoms with Gasteiger partial charge in [-0.2, -0.15) is 0 Å². The van der Waals surface area contributed by atoms with Crippen molar-refractivity contribution < 1.29 is 4.79 Å². The molecule has 0 spiro atoms. The van der Waals surface area contributed by atoms with Crippen molar-refractivity contribution in [2.24, 2.45) is 5.92 Å². The van der Waals surface area contributed by atoms with E-state index in [1.54, 1.807) is 0 Å². The summed E-state index contributed by atoms with van der Waals surface area (Å²) in [4.78, 5) is 12.2. The van der Waals surface area contributed by atoms with Crippen LogP contribution >= 0.6 is 0 Å². The minimum atomic E-state index is -1.53. The third-order valence-electron chi connectivity index (χ3n) is 5.13. The maximum Gasteiger partial charge on any atom is 0.251 e. The standard InChI is InChI=1S/C23H31NOSi/c1-4-5-18-26(3,22-14-10-7-11-15-22)19-20(2)16-17-24-23(25)21-12-8-6-9-13-21/h4,6-15,20H,1,5,16-19H2,2-3H3,(H,24,25). The average molecular weight is 366 g/mol. The van der Waals surface area contributed by atoms with E-state index in [1.165, 1.54) is 17.3 Å². The Morgan fingerprint density at radius 2 is 1.73 bits per heavy atom. The van der Waals surface area contributed by atoms with E-state index in [4.69, 9.17) is 0 Å². The van der Waals surface area contributed by atoms with Crippen molar-refractivity contribution in [3.8, 4) is 0 Å². The molecule has 0 aliphatic carbocycles. The highest BCUT2D eigenvalue weighted by Gasteiger charge is 2.30. The van der Waals surface area contributed by atoms with Crippen LogP contribution in [0.2, 0.25) is 18.6 Å². The molecule has 0 radical (unpaired) electrons. The van der Waals surface area contributed by atoms with Crippen LogP contribution in [0.25, 0.3) is 0 Å². The number of rotatable bonds is 10. The summed E-state index contributed by atoms with van der Waals surface area (Å²) in [6.45, 7) is 9.45. The van der Waals surface area contributed by atoms with Gasteiger partial charge < -0.3 is 5.32 Å².